The molecule has 3 rings (SSSR count). The molecule has 0 spiro atoms. The first-order valence-electron chi connectivity index (χ1n) is 8.81. The van der Waals surface area contributed by atoms with Crippen molar-refractivity contribution in [1.29, 1.82) is 0 Å². The zero-order valence-electron chi connectivity index (χ0n) is 16.1. The molecule has 0 saturated heterocycles. The van der Waals surface area contributed by atoms with E-state index in [9.17, 15) is 26.4 Å². The number of hydrogen-bond acceptors (Lipinski definition) is 4. The van der Waals surface area contributed by atoms with Crippen molar-refractivity contribution in [2.45, 2.75) is 11.1 Å². The van der Waals surface area contributed by atoms with Crippen LogP contribution in [0, 0.1) is 0 Å². The largest absolute Gasteiger partial charge is 0.416 e. The fraction of sp³-hybridized carbons (Fsp3) is 0.100. The van der Waals surface area contributed by atoms with Crippen LogP contribution >= 0.6 is 0 Å². The third-order valence-corrected chi connectivity index (χ3v) is 5.57. The van der Waals surface area contributed by atoms with Gasteiger partial charge in [0.25, 0.3) is 15.9 Å². The van der Waals surface area contributed by atoms with Gasteiger partial charge in [-0.2, -0.15) is 18.3 Å². The Bertz CT molecular complexity index is 1230. The van der Waals surface area contributed by atoms with Gasteiger partial charge in [0, 0.05) is 24.5 Å². The summed E-state index contributed by atoms with van der Waals surface area (Å²) in [6.45, 7) is 0. The first-order valence-corrected chi connectivity index (χ1v) is 10.3. The first kappa shape index (κ1) is 22.1. The second-order valence-electron chi connectivity index (χ2n) is 6.45. The Balaban J connectivity index is 1.76. The number of halogens is 3. The molecule has 3 aromatic rings. The van der Waals surface area contributed by atoms with Gasteiger partial charge >= 0.3 is 6.18 Å². The average molecular weight is 450 g/mol. The number of alkyl halides is 3. The minimum atomic E-state index is -4.61. The van der Waals surface area contributed by atoms with Crippen LogP contribution in [0.2, 0.25) is 0 Å². The molecule has 0 aliphatic rings. The van der Waals surface area contributed by atoms with Crippen LogP contribution in [-0.2, 0) is 23.2 Å². The van der Waals surface area contributed by atoms with Crippen molar-refractivity contribution in [2.75, 3.05) is 4.72 Å². The summed E-state index contributed by atoms with van der Waals surface area (Å²) in [7, 11) is -2.43. The van der Waals surface area contributed by atoms with Gasteiger partial charge in [0.15, 0.2) is 0 Å². The number of benzene rings is 2. The summed E-state index contributed by atoms with van der Waals surface area (Å²) >= 11 is 0. The van der Waals surface area contributed by atoms with Gasteiger partial charge in [0.05, 0.1) is 22.4 Å². The zero-order chi connectivity index (χ0) is 22.6. The molecule has 1 aromatic heterocycles. The fourth-order valence-corrected chi connectivity index (χ4v) is 3.70. The van der Waals surface area contributed by atoms with Crippen LogP contribution in [0.4, 0.5) is 18.9 Å². The maximum atomic E-state index is 12.8. The number of carbonyl (C=O) groups is 1. The number of aromatic nitrogens is 1. The van der Waals surface area contributed by atoms with E-state index >= 15 is 0 Å². The number of nitrogens with zero attached hydrogens (tertiary/aromatic N) is 2. The molecule has 0 radical (unpaired) electrons. The van der Waals surface area contributed by atoms with E-state index in [-0.39, 0.29) is 16.1 Å². The van der Waals surface area contributed by atoms with Crippen LogP contribution in [0.25, 0.3) is 0 Å². The Morgan fingerprint density at radius 3 is 2.48 bits per heavy atom. The maximum absolute atomic E-state index is 12.8. The standard InChI is InChI=1S/C20H17F3N4O3S/c1-27-10-4-8-17(27)13-24-25-19(28)14-5-2-9-18(11-14)31(29,30)26-16-7-3-6-15(12-16)20(21,22)23/h2-13,26H,1H3,(H,25,28)/b24-13+. The highest BCUT2D eigenvalue weighted by atomic mass is 32.2. The van der Waals surface area contributed by atoms with Crippen molar-refractivity contribution in [2.24, 2.45) is 12.1 Å². The number of rotatable bonds is 6. The minimum Gasteiger partial charge on any atom is -0.350 e. The van der Waals surface area contributed by atoms with E-state index in [0.717, 1.165) is 23.9 Å². The van der Waals surface area contributed by atoms with Crippen LogP contribution in [0.3, 0.4) is 0 Å². The average Bonchev–Trinajstić information content (AvgIpc) is 3.12. The number of hydrogen-bond donors (Lipinski definition) is 2. The Morgan fingerprint density at radius 2 is 1.81 bits per heavy atom. The van der Waals surface area contributed by atoms with Crippen molar-refractivity contribution in [3.8, 4) is 0 Å². The third kappa shape index (κ3) is 5.51. The van der Waals surface area contributed by atoms with Gasteiger partial charge in [-0.05, 0) is 48.5 Å². The van der Waals surface area contributed by atoms with Crippen LogP contribution in [0.1, 0.15) is 21.6 Å². The van der Waals surface area contributed by atoms with Crippen molar-refractivity contribution in [3.63, 3.8) is 0 Å². The van der Waals surface area contributed by atoms with Crippen molar-refractivity contribution >= 4 is 27.8 Å². The molecule has 1 amide bonds. The molecule has 2 aromatic carbocycles. The van der Waals surface area contributed by atoms with E-state index in [2.05, 4.69) is 15.2 Å². The maximum Gasteiger partial charge on any atom is 0.416 e. The number of carbonyl (C=O) groups excluding carboxylic acids is 1. The highest BCUT2D eigenvalue weighted by molar-refractivity contribution is 7.92. The number of hydrazone groups is 1. The Kier molecular flexibility index (Phi) is 6.16. The van der Waals surface area contributed by atoms with Gasteiger partial charge in [-0.1, -0.05) is 12.1 Å². The molecule has 31 heavy (non-hydrogen) atoms. The number of nitrogens with one attached hydrogen (secondary N) is 2. The summed E-state index contributed by atoms with van der Waals surface area (Å²) in [6, 6.07) is 12.4. The molecule has 0 atom stereocenters. The molecular formula is C20H17F3N4O3S. The quantitative estimate of drug-likeness (QED) is 0.444. The predicted octanol–water partition coefficient (Wildman–Crippen LogP) is 3.61. The molecule has 1 heterocycles. The Morgan fingerprint density at radius 1 is 1.06 bits per heavy atom. The second-order valence-corrected chi connectivity index (χ2v) is 8.14. The lowest BCUT2D eigenvalue weighted by molar-refractivity contribution is -0.137. The lowest BCUT2D eigenvalue weighted by Crippen LogP contribution is -2.19. The minimum absolute atomic E-state index is 0.0101. The Labute approximate surface area is 176 Å². The lowest BCUT2D eigenvalue weighted by Gasteiger charge is -2.12. The summed E-state index contributed by atoms with van der Waals surface area (Å²) < 4.78 is 67.6. The SMILES string of the molecule is Cn1cccc1/C=N/NC(=O)c1cccc(S(=O)(=O)Nc2cccc(C(F)(F)F)c2)c1. The molecule has 11 heteroatoms. The number of aryl methyl sites for hydroxylation is 1. The monoisotopic (exact) mass is 450 g/mol. The van der Waals surface area contributed by atoms with Crippen molar-refractivity contribution in [1.82, 2.24) is 9.99 Å². The molecule has 0 aliphatic carbocycles. The van der Waals surface area contributed by atoms with Gasteiger partial charge in [0.2, 0.25) is 0 Å². The molecule has 0 unspecified atom stereocenters. The molecule has 0 fully saturated rings. The highest BCUT2D eigenvalue weighted by Gasteiger charge is 2.30. The van der Waals surface area contributed by atoms with Crippen LogP contribution in [-0.4, -0.2) is 25.1 Å². The molecule has 0 aliphatic heterocycles. The van der Waals surface area contributed by atoms with Gasteiger partial charge < -0.3 is 4.57 Å². The van der Waals surface area contributed by atoms with Crippen molar-refractivity contribution in [3.05, 3.63) is 83.7 Å². The lowest BCUT2D eigenvalue weighted by atomic mass is 10.2. The van der Waals surface area contributed by atoms with Crippen molar-refractivity contribution < 1.29 is 26.4 Å². The van der Waals surface area contributed by atoms with Crippen LogP contribution in [0.5, 0.6) is 0 Å². The molecule has 7 nitrogen and oxygen atoms in total. The molecule has 0 bridgehead atoms. The van der Waals surface area contributed by atoms with Gasteiger partial charge in [-0.3, -0.25) is 9.52 Å². The zero-order valence-corrected chi connectivity index (χ0v) is 16.9. The number of sulfonamides is 1. The topological polar surface area (TPSA) is 92.6 Å². The summed E-state index contributed by atoms with van der Waals surface area (Å²) in [6.07, 6.45) is -1.39. The van der Waals surface area contributed by atoms with Gasteiger partial charge in [0.1, 0.15) is 0 Å². The van der Waals surface area contributed by atoms with E-state index in [1.54, 1.807) is 29.9 Å². The van der Waals surface area contributed by atoms with E-state index in [1.165, 1.54) is 30.5 Å². The van der Waals surface area contributed by atoms with Gasteiger partial charge in [-0.25, -0.2) is 13.8 Å². The van der Waals surface area contributed by atoms with Gasteiger partial charge in [-0.15, -0.1) is 0 Å². The Hall–Kier alpha value is -3.60. The van der Waals surface area contributed by atoms with E-state index in [0.29, 0.717) is 6.07 Å². The molecule has 2 N–H and O–H groups in total. The summed E-state index contributed by atoms with van der Waals surface area (Å²) in [4.78, 5) is 12.0. The summed E-state index contributed by atoms with van der Waals surface area (Å²) in [5.41, 5.74) is 1.80. The molecule has 162 valence electrons. The number of amides is 1. The second kappa shape index (κ2) is 8.64. The third-order valence-electron chi connectivity index (χ3n) is 4.20. The smallest absolute Gasteiger partial charge is 0.350 e. The molecule has 0 saturated carbocycles. The highest BCUT2D eigenvalue weighted by Crippen LogP contribution is 2.31. The van der Waals surface area contributed by atoms with Crippen LogP contribution < -0.4 is 10.1 Å². The first-order chi connectivity index (χ1) is 14.6. The van der Waals surface area contributed by atoms with E-state index in [4.69, 9.17) is 0 Å². The van der Waals surface area contributed by atoms with E-state index < -0.39 is 27.7 Å². The number of anilines is 1. The molecular weight excluding hydrogens is 433 g/mol. The predicted molar refractivity (Wildman–Crippen MR) is 109 cm³/mol. The fourth-order valence-electron chi connectivity index (χ4n) is 2.61. The van der Waals surface area contributed by atoms with Crippen LogP contribution in [0.15, 0.2) is 76.9 Å². The van der Waals surface area contributed by atoms with E-state index in [1.807, 2.05) is 0 Å². The summed E-state index contributed by atoms with van der Waals surface area (Å²) in [5, 5.41) is 3.83. The normalized spacial score (nSPS) is 12.1. The summed E-state index contributed by atoms with van der Waals surface area (Å²) in [5.74, 6) is -0.651.